The first-order valence-corrected chi connectivity index (χ1v) is 4.31. The van der Waals surface area contributed by atoms with Gasteiger partial charge in [-0.15, -0.1) is 0 Å². The highest BCUT2D eigenvalue weighted by atomic mass is 16.5. The number of carbonyl (C=O) groups is 1. The van der Waals surface area contributed by atoms with Crippen molar-refractivity contribution in [3.8, 4) is 11.3 Å². The summed E-state index contributed by atoms with van der Waals surface area (Å²) in [6, 6.07) is 1.70. The van der Waals surface area contributed by atoms with Crippen molar-refractivity contribution in [1.82, 2.24) is 5.16 Å². The van der Waals surface area contributed by atoms with E-state index in [4.69, 9.17) is 8.94 Å². The number of carbonyl (C=O) groups excluding carboxylic acids is 1. The zero-order valence-electron chi connectivity index (χ0n) is 8.31. The van der Waals surface area contributed by atoms with Gasteiger partial charge in [0, 0.05) is 5.56 Å². The molecule has 0 atom stereocenters. The first kappa shape index (κ1) is 9.51. The van der Waals surface area contributed by atoms with E-state index in [1.165, 1.54) is 19.6 Å². The Morgan fingerprint density at radius 2 is 2.33 bits per heavy atom. The third-order valence-electron chi connectivity index (χ3n) is 2.05. The van der Waals surface area contributed by atoms with Crippen molar-refractivity contribution in [1.29, 1.82) is 0 Å². The number of nitrogens with zero attached hydrogens (tertiary/aromatic N) is 1. The lowest BCUT2D eigenvalue weighted by molar-refractivity contribution is 0.0599. The molecule has 2 heterocycles. The topological polar surface area (TPSA) is 65.5 Å². The normalized spacial score (nSPS) is 10.3. The van der Waals surface area contributed by atoms with E-state index in [1.807, 2.05) is 0 Å². The fourth-order valence-corrected chi connectivity index (χ4v) is 1.31. The summed E-state index contributed by atoms with van der Waals surface area (Å²) in [7, 11) is 1.31. The maximum atomic E-state index is 11.5. The molecule has 5 nitrogen and oxygen atoms in total. The van der Waals surface area contributed by atoms with Crippen LogP contribution >= 0.6 is 0 Å². The molecule has 2 aromatic rings. The monoisotopic (exact) mass is 207 g/mol. The Hall–Kier alpha value is -2.04. The molecule has 0 aliphatic heterocycles. The van der Waals surface area contributed by atoms with E-state index in [1.54, 1.807) is 13.0 Å². The Kier molecular flexibility index (Phi) is 2.29. The predicted molar refractivity (Wildman–Crippen MR) is 50.3 cm³/mol. The molecule has 0 spiro atoms. The lowest BCUT2D eigenvalue weighted by Gasteiger charge is -1.97. The number of ether oxygens (including phenoxy) is 1. The van der Waals surface area contributed by atoms with Gasteiger partial charge in [0.25, 0.3) is 0 Å². The van der Waals surface area contributed by atoms with Crippen LogP contribution in [0.4, 0.5) is 0 Å². The molecule has 0 amide bonds. The second kappa shape index (κ2) is 3.61. The van der Waals surface area contributed by atoms with Crippen LogP contribution in [-0.2, 0) is 4.74 Å². The second-order valence-electron chi connectivity index (χ2n) is 2.97. The van der Waals surface area contributed by atoms with Crippen molar-refractivity contribution in [2.75, 3.05) is 7.11 Å². The number of methoxy groups -OCH3 is 1. The summed E-state index contributed by atoms with van der Waals surface area (Å²) in [5, 5.41) is 3.79. The van der Waals surface area contributed by atoms with Crippen molar-refractivity contribution >= 4 is 5.97 Å². The van der Waals surface area contributed by atoms with Crippen molar-refractivity contribution in [3.05, 3.63) is 29.9 Å². The lowest BCUT2D eigenvalue weighted by Crippen LogP contribution is -2.03. The Balaban J connectivity index is 2.54. The highest BCUT2D eigenvalue weighted by Gasteiger charge is 2.22. The van der Waals surface area contributed by atoms with Crippen molar-refractivity contribution in [2.45, 2.75) is 6.92 Å². The summed E-state index contributed by atoms with van der Waals surface area (Å²) in [4.78, 5) is 11.5. The average Bonchev–Trinajstić information content (AvgIpc) is 2.85. The van der Waals surface area contributed by atoms with Gasteiger partial charge in [-0.2, -0.15) is 0 Å². The lowest BCUT2D eigenvalue weighted by atomic mass is 10.1. The van der Waals surface area contributed by atoms with E-state index >= 15 is 0 Å². The molecular weight excluding hydrogens is 198 g/mol. The zero-order valence-corrected chi connectivity index (χ0v) is 8.31. The van der Waals surface area contributed by atoms with Crippen LogP contribution in [0, 0.1) is 6.92 Å². The average molecular weight is 207 g/mol. The van der Waals surface area contributed by atoms with Gasteiger partial charge in [0.15, 0.2) is 0 Å². The van der Waals surface area contributed by atoms with Crippen molar-refractivity contribution in [2.24, 2.45) is 0 Å². The van der Waals surface area contributed by atoms with Crippen LogP contribution in [0.1, 0.15) is 16.1 Å². The van der Waals surface area contributed by atoms with E-state index in [2.05, 4.69) is 9.89 Å². The maximum Gasteiger partial charge on any atom is 0.343 e. The van der Waals surface area contributed by atoms with Gasteiger partial charge in [-0.25, -0.2) is 4.79 Å². The molecule has 15 heavy (non-hydrogen) atoms. The van der Waals surface area contributed by atoms with Crippen LogP contribution in [0.2, 0.25) is 0 Å². The predicted octanol–water partition coefficient (Wildman–Crippen LogP) is 2.03. The Morgan fingerprint density at radius 3 is 2.93 bits per heavy atom. The molecule has 5 heteroatoms. The van der Waals surface area contributed by atoms with Gasteiger partial charge < -0.3 is 13.7 Å². The Bertz CT molecular complexity index is 470. The van der Waals surface area contributed by atoms with Gasteiger partial charge in [0.2, 0.25) is 0 Å². The molecule has 0 N–H and O–H groups in total. The third kappa shape index (κ3) is 1.52. The fraction of sp³-hybridized carbons (Fsp3) is 0.200. The smallest absolute Gasteiger partial charge is 0.343 e. The molecule has 0 aliphatic rings. The summed E-state index contributed by atoms with van der Waals surface area (Å²) in [6.45, 7) is 1.66. The van der Waals surface area contributed by atoms with Gasteiger partial charge in [0.1, 0.15) is 17.0 Å². The SMILES string of the molecule is COC(=O)c1c(-c2ccoc2)noc1C. The largest absolute Gasteiger partial charge is 0.472 e. The summed E-state index contributed by atoms with van der Waals surface area (Å²) in [5.41, 5.74) is 1.46. The molecule has 78 valence electrons. The maximum absolute atomic E-state index is 11.5. The molecule has 0 radical (unpaired) electrons. The van der Waals surface area contributed by atoms with Crippen molar-refractivity contribution < 1.29 is 18.5 Å². The second-order valence-corrected chi connectivity index (χ2v) is 2.97. The molecule has 0 bridgehead atoms. The molecule has 2 aromatic heterocycles. The van der Waals surface area contributed by atoms with Crippen LogP contribution in [0.25, 0.3) is 11.3 Å². The van der Waals surface area contributed by atoms with E-state index < -0.39 is 5.97 Å². The minimum Gasteiger partial charge on any atom is -0.472 e. The number of aryl methyl sites for hydroxylation is 1. The number of aromatic nitrogens is 1. The number of esters is 1. The molecule has 0 aliphatic carbocycles. The fourth-order valence-electron chi connectivity index (χ4n) is 1.31. The minimum absolute atomic E-state index is 0.332. The van der Waals surface area contributed by atoms with Crippen LogP contribution in [0.15, 0.2) is 27.5 Å². The number of furan rings is 1. The third-order valence-corrected chi connectivity index (χ3v) is 2.05. The van der Waals surface area contributed by atoms with Gasteiger partial charge in [-0.1, -0.05) is 5.16 Å². The van der Waals surface area contributed by atoms with Crippen LogP contribution in [0.5, 0.6) is 0 Å². The van der Waals surface area contributed by atoms with Gasteiger partial charge >= 0.3 is 5.97 Å². The molecule has 0 saturated heterocycles. The molecule has 0 unspecified atom stereocenters. The standard InChI is InChI=1S/C10H9NO4/c1-6-8(10(12)13-2)9(11-15-6)7-3-4-14-5-7/h3-5H,1-2H3. The molecule has 0 saturated carbocycles. The summed E-state index contributed by atoms with van der Waals surface area (Å²) < 4.78 is 14.5. The van der Waals surface area contributed by atoms with Gasteiger partial charge in [0.05, 0.1) is 19.6 Å². The van der Waals surface area contributed by atoms with E-state index in [0.717, 1.165) is 0 Å². The first-order valence-electron chi connectivity index (χ1n) is 4.31. The van der Waals surface area contributed by atoms with Crippen LogP contribution in [0.3, 0.4) is 0 Å². The highest BCUT2D eigenvalue weighted by Crippen LogP contribution is 2.25. The van der Waals surface area contributed by atoms with E-state index in [9.17, 15) is 4.79 Å². The summed E-state index contributed by atoms with van der Waals surface area (Å²) >= 11 is 0. The number of hydrogen-bond donors (Lipinski definition) is 0. The summed E-state index contributed by atoms with van der Waals surface area (Å²) in [5.74, 6) is -0.0389. The molecule has 2 rings (SSSR count). The number of hydrogen-bond acceptors (Lipinski definition) is 5. The highest BCUT2D eigenvalue weighted by molar-refractivity contribution is 5.96. The minimum atomic E-state index is -0.468. The zero-order chi connectivity index (χ0) is 10.8. The van der Waals surface area contributed by atoms with Crippen molar-refractivity contribution in [3.63, 3.8) is 0 Å². The molecule has 0 aromatic carbocycles. The van der Waals surface area contributed by atoms with E-state index in [-0.39, 0.29) is 0 Å². The number of rotatable bonds is 2. The molecular formula is C10H9NO4. The van der Waals surface area contributed by atoms with Gasteiger partial charge in [-0.05, 0) is 13.0 Å². The quantitative estimate of drug-likeness (QED) is 0.705. The van der Waals surface area contributed by atoms with Crippen LogP contribution in [-0.4, -0.2) is 18.2 Å². The van der Waals surface area contributed by atoms with E-state index in [0.29, 0.717) is 22.6 Å². The Morgan fingerprint density at radius 1 is 1.53 bits per heavy atom. The molecule has 0 fully saturated rings. The Labute approximate surface area is 85.6 Å². The summed E-state index contributed by atoms with van der Waals surface area (Å²) in [6.07, 6.45) is 2.99. The van der Waals surface area contributed by atoms with Gasteiger partial charge in [-0.3, -0.25) is 0 Å². The first-order chi connectivity index (χ1) is 7.24. The van der Waals surface area contributed by atoms with Crippen LogP contribution < -0.4 is 0 Å².